The van der Waals surface area contributed by atoms with Crippen molar-refractivity contribution >= 4 is 15.7 Å². The summed E-state index contributed by atoms with van der Waals surface area (Å²) in [6.07, 6.45) is 0.735. The number of hydrogen-bond donors (Lipinski definition) is 2. The Hall–Kier alpha value is -0.620. The van der Waals surface area contributed by atoms with Gasteiger partial charge in [-0.2, -0.15) is 0 Å². The molecule has 1 amide bonds. The Kier molecular flexibility index (Phi) is 2.63. The number of rotatable bonds is 2. The van der Waals surface area contributed by atoms with Crippen LogP contribution in [0.5, 0.6) is 0 Å². The monoisotopic (exact) mass is 206 g/mol. The molecule has 1 aliphatic heterocycles. The molecule has 5 nitrogen and oxygen atoms in total. The van der Waals surface area contributed by atoms with Crippen LogP contribution >= 0.6 is 0 Å². The average Bonchev–Trinajstić information content (AvgIpc) is 1.95. The summed E-state index contributed by atoms with van der Waals surface area (Å²) >= 11 is 0. The number of nitrogens with two attached hydrogens (primary N) is 2. The lowest BCUT2D eigenvalue weighted by atomic mass is 9.90. The van der Waals surface area contributed by atoms with Crippen LogP contribution in [-0.4, -0.2) is 31.4 Å². The topological polar surface area (TPSA) is 103 Å². The molecule has 0 radical (unpaired) electrons. The standard InChI is InChI=1S/C7H14N2O3S/c8-6(10)5-7(9)1-3-13(11,12)4-2-7/h1-5,9H2,(H2,8,10). The molecule has 1 fully saturated rings. The lowest BCUT2D eigenvalue weighted by Gasteiger charge is -2.31. The zero-order chi connectivity index (χ0) is 10.1. The van der Waals surface area contributed by atoms with Crippen LogP contribution in [0.1, 0.15) is 19.3 Å². The molecule has 0 bridgehead atoms. The van der Waals surface area contributed by atoms with Crippen molar-refractivity contribution in [2.75, 3.05) is 11.5 Å². The van der Waals surface area contributed by atoms with Crippen LogP contribution in [0.4, 0.5) is 0 Å². The van der Waals surface area contributed by atoms with Crippen molar-refractivity contribution in [3.8, 4) is 0 Å². The Morgan fingerprint density at radius 1 is 1.31 bits per heavy atom. The van der Waals surface area contributed by atoms with Gasteiger partial charge in [-0.1, -0.05) is 0 Å². The van der Waals surface area contributed by atoms with Crippen LogP contribution in [0.2, 0.25) is 0 Å². The number of primary amides is 1. The Morgan fingerprint density at radius 3 is 2.15 bits per heavy atom. The molecule has 1 saturated heterocycles. The third-order valence-electron chi connectivity index (χ3n) is 2.35. The molecule has 0 aliphatic carbocycles. The minimum Gasteiger partial charge on any atom is -0.370 e. The highest BCUT2D eigenvalue weighted by molar-refractivity contribution is 7.91. The molecule has 0 atom stereocenters. The maximum absolute atomic E-state index is 11.1. The second-order valence-electron chi connectivity index (χ2n) is 3.66. The molecule has 0 aromatic rings. The van der Waals surface area contributed by atoms with Gasteiger partial charge in [-0.15, -0.1) is 0 Å². The summed E-state index contributed by atoms with van der Waals surface area (Å²) in [5.41, 5.74) is 10.1. The van der Waals surface area contributed by atoms with E-state index >= 15 is 0 Å². The van der Waals surface area contributed by atoms with E-state index in [0.29, 0.717) is 12.8 Å². The minimum atomic E-state index is -2.92. The van der Waals surface area contributed by atoms with Crippen molar-refractivity contribution < 1.29 is 13.2 Å². The van der Waals surface area contributed by atoms with E-state index < -0.39 is 21.3 Å². The van der Waals surface area contributed by atoms with Crippen LogP contribution < -0.4 is 11.5 Å². The molecule has 0 unspecified atom stereocenters. The van der Waals surface area contributed by atoms with E-state index in [1.165, 1.54) is 0 Å². The van der Waals surface area contributed by atoms with Crippen LogP contribution in [0, 0.1) is 0 Å². The van der Waals surface area contributed by atoms with Gasteiger partial charge in [0.05, 0.1) is 11.5 Å². The van der Waals surface area contributed by atoms with Gasteiger partial charge in [0.2, 0.25) is 5.91 Å². The summed E-state index contributed by atoms with van der Waals surface area (Å²) in [6, 6.07) is 0. The first-order valence-electron chi connectivity index (χ1n) is 4.11. The molecule has 1 aliphatic rings. The quantitative estimate of drug-likeness (QED) is 0.590. The summed E-state index contributed by atoms with van der Waals surface area (Å²) in [6.45, 7) is 0. The van der Waals surface area contributed by atoms with E-state index in [4.69, 9.17) is 11.5 Å². The highest BCUT2D eigenvalue weighted by atomic mass is 32.2. The second kappa shape index (κ2) is 3.26. The molecule has 1 rings (SSSR count). The average molecular weight is 206 g/mol. The zero-order valence-electron chi connectivity index (χ0n) is 7.32. The van der Waals surface area contributed by atoms with Crippen LogP contribution in [-0.2, 0) is 14.6 Å². The summed E-state index contributed by atoms with van der Waals surface area (Å²) in [5.74, 6) is -0.338. The van der Waals surface area contributed by atoms with Crippen molar-refractivity contribution in [2.45, 2.75) is 24.8 Å². The van der Waals surface area contributed by atoms with E-state index in [2.05, 4.69) is 0 Å². The highest BCUT2D eigenvalue weighted by Gasteiger charge is 2.34. The second-order valence-corrected chi connectivity index (χ2v) is 5.96. The SMILES string of the molecule is NC(=O)CC1(N)CCS(=O)(=O)CC1. The normalized spacial score (nSPS) is 25.3. The molecule has 0 aromatic heterocycles. The Labute approximate surface area is 77.4 Å². The summed E-state index contributed by atoms with van der Waals surface area (Å²) in [7, 11) is -2.92. The molecule has 13 heavy (non-hydrogen) atoms. The molecule has 0 saturated carbocycles. The maximum atomic E-state index is 11.1. The first-order valence-corrected chi connectivity index (χ1v) is 5.93. The number of carbonyl (C=O) groups is 1. The zero-order valence-corrected chi connectivity index (χ0v) is 8.14. The van der Waals surface area contributed by atoms with Gasteiger partial charge >= 0.3 is 0 Å². The Morgan fingerprint density at radius 2 is 1.77 bits per heavy atom. The summed E-state index contributed by atoms with van der Waals surface area (Å²) in [5, 5.41) is 0. The Balaban J connectivity index is 2.61. The third kappa shape index (κ3) is 2.96. The van der Waals surface area contributed by atoms with Crippen molar-refractivity contribution in [1.82, 2.24) is 0 Å². The lowest BCUT2D eigenvalue weighted by molar-refractivity contribution is -0.119. The molecular formula is C7H14N2O3S. The molecular weight excluding hydrogens is 192 g/mol. The lowest BCUT2D eigenvalue weighted by Crippen LogP contribution is -2.49. The fourth-order valence-electron chi connectivity index (χ4n) is 1.47. The van der Waals surface area contributed by atoms with Gasteiger partial charge in [0.25, 0.3) is 0 Å². The van der Waals surface area contributed by atoms with Crippen molar-refractivity contribution in [3.05, 3.63) is 0 Å². The third-order valence-corrected chi connectivity index (χ3v) is 4.00. The van der Waals surface area contributed by atoms with Crippen LogP contribution in [0.25, 0.3) is 0 Å². The number of carbonyl (C=O) groups excluding carboxylic acids is 1. The van der Waals surface area contributed by atoms with Crippen molar-refractivity contribution in [1.29, 1.82) is 0 Å². The number of amides is 1. The van der Waals surface area contributed by atoms with Gasteiger partial charge < -0.3 is 11.5 Å². The van der Waals surface area contributed by atoms with E-state index in [9.17, 15) is 13.2 Å². The Bertz CT molecular complexity index is 296. The molecule has 4 N–H and O–H groups in total. The van der Waals surface area contributed by atoms with Gasteiger partial charge in [0.15, 0.2) is 0 Å². The molecule has 76 valence electrons. The minimum absolute atomic E-state index is 0.0662. The maximum Gasteiger partial charge on any atom is 0.219 e. The molecule has 1 heterocycles. The van der Waals surface area contributed by atoms with Crippen LogP contribution in [0.15, 0.2) is 0 Å². The largest absolute Gasteiger partial charge is 0.370 e. The van der Waals surface area contributed by atoms with Gasteiger partial charge in [-0.3, -0.25) is 4.79 Å². The van der Waals surface area contributed by atoms with Gasteiger partial charge in [0.1, 0.15) is 9.84 Å². The molecule has 6 heteroatoms. The van der Waals surface area contributed by atoms with E-state index in [-0.39, 0.29) is 17.9 Å². The fraction of sp³-hybridized carbons (Fsp3) is 0.857. The smallest absolute Gasteiger partial charge is 0.219 e. The van der Waals surface area contributed by atoms with Gasteiger partial charge in [0, 0.05) is 12.0 Å². The van der Waals surface area contributed by atoms with Crippen LogP contribution in [0.3, 0.4) is 0 Å². The highest BCUT2D eigenvalue weighted by Crippen LogP contribution is 2.23. The summed E-state index contributed by atoms with van der Waals surface area (Å²) in [4.78, 5) is 10.6. The predicted octanol–water partition coefficient (Wildman–Crippen LogP) is -1.23. The first-order chi connectivity index (χ1) is 5.83. The summed E-state index contributed by atoms with van der Waals surface area (Å²) < 4.78 is 22.1. The predicted molar refractivity (Wildman–Crippen MR) is 48.6 cm³/mol. The first kappa shape index (κ1) is 10.5. The van der Waals surface area contributed by atoms with Crippen molar-refractivity contribution in [3.63, 3.8) is 0 Å². The number of sulfone groups is 1. The van der Waals surface area contributed by atoms with Crippen molar-refractivity contribution in [2.24, 2.45) is 11.5 Å². The fourth-order valence-corrected chi connectivity index (χ4v) is 3.11. The van der Waals surface area contributed by atoms with Gasteiger partial charge in [-0.25, -0.2) is 8.42 Å². The van der Waals surface area contributed by atoms with E-state index in [1.807, 2.05) is 0 Å². The van der Waals surface area contributed by atoms with E-state index in [0.717, 1.165) is 0 Å². The van der Waals surface area contributed by atoms with E-state index in [1.54, 1.807) is 0 Å². The molecule has 0 spiro atoms. The number of hydrogen-bond acceptors (Lipinski definition) is 4. The van der Waals surface area contributed by atoms with Gasteiger partial charge in [-0.05, 0) is 12.8 Å². The molecule has 0 aromatic carbocycles.